The molecule has 0 heterocycles. The van der Waals surface area contributed by atoms with Crippen LogP contribution in [0.15, 0.2) is 72.8 Å². The molecule has 144 valence electrons. The summed E-state index contributed by atoms with van der Waals surface area (Å²) in [6, 6.07) is 19.1. The van der Waals surface area contributed by atoms with E-state index in [1.54, 1.807) is 6.07 Å². The molecular weight excluding hydrogens is 367 g/mol. The van der Waals surface area contributed by atoms with E-state index in [0.717, 1.165) is 16.3 Å². The van der Waals surface area contributed by atoms with E-state index >= 15 is 0 Å². The van der Waals surface area contributed by atoms with Gasteiger partial charge in [0.25, 0.3) is 0 Å². The second kappa shape index (κ2) is 8.17. The zero-order valence-electron chi connectivity index (χ0n) is 15.0. The van der Waals surface area contributed by atoms with E-state index in [1.807, 2.05) is 49.4 Å². The van der Waals surface area contributed by atoms with Crippen molar-refractivity contribution < 1.29 is 22.7 Å². The maximum Gasteiger partial charge on any atom is 0.573 e. The molecule has 28 heavy (non-hydrogen) atoms. The summed E-state index contributed by atoms with van der Waals surface area (Å²) < 4.78 is 40.7. The van der Waals surface area contributed by atoms with Gasteiger partial charge in [-0.25, -0.2) is 0 Å². The molecule has 0 bridgehead atoms. The normalized spacial score (nSPS) is 12.9. The van der Waals surface area contributed by atoms with Crippen molar-refractivity contribution in [3.8, 4) is 5.75 Å². The van der Waals surface area contributed by atoms with Crippen LogP contribution in [0, 0.1) is 0 Å². The van der Waals surface area contributed by atoms with Crippen LogP contribution in [0.25, 0.3) is 16.8 Å². The van der Waals surface area contributed by atoms with Gasteiger partial charge in [0.2, 0.25) is 5.91 Å². The van der Waals surface area contributed by atoms with Crippen molar-refractivity contribution in [3.05, 3.63) is 83.9 Å². The lowest BCUT2D eigenvalue weighted by Gasteiger charge is -2.14. The van der Waals surface area contributed by atoms with Gasteiger partial charge in [0.1, 0.15) is 5.75 Å². The molecule has 0 aliphatic carbocycles. The number of carbonyl (C=O) groups is 1. The van der Waals surface area contributed by atoms with Crippen molar-refractivity contribution in [1.29, 1.82) is 0 Å². The largest absolute Gasteiger partial charge is 0.573 e. The molecule has 6 heteroatoms. The molecule has 3 nitrogen and oxygen atoms in total. The van der Waals surface area contributed by atoms with Gasteiger partial charge in [-0.1, -0.05) is 48.5 Å². The van der Waals surface area contributed by atoms with Crippen LogP contribution >= 0.6 is 0 Å². The standard InChI is InChI=1S/C22H18F3NO2/c1-15(18-11-10-17-6-2-3-7-19(17)14-18)26-21(27)12-9-16-5-4-8-20(13-16)28-22(23,24)25/h2-15H,1H3,(H,26,27). The monoisotopic (exact) mass is 385 g/mol. The zero-order chi connectivity index (χ0) is 20.1. The number of alkyl halides is 3. The first-order valence-corrected chi connectivity index (χ1v) is 8.63. The average Bonchev–Trinajstić information content (AvgIpc) is 2.65. The molecular formula is C22H18F3NO2. The maximum absolute atomic E-state index is 12.3. The van der Waals surface area contributed by atoms with Crippen LogP contribution in [0.3, 0.4) is 0 Å². The minimum atomic E-state index is -4.75. The molecule has 1 unspecified atom stereocenters. The Morgan fingerprint density at radius 2 is 1.75 bits per heavy atom. The van der Waals surface area contributed by atoms with Crippen molar-refractivity contribution in [1.82, 2.24) is 5.32 Å². The van der Waals surface area contributed by atoms with Crippen LogP contribution < -0.4 is 10.1 Å². The van der Waals surface area contributed by atoms with Gasteiger partial charge in [0, 0.05) is 6.08 Å². The van der Waals surface area contributed by atoms with Crippen molar-refractivity contribution in [2.75, 3.05) is 0 Å². The van der Waals surface area contributed by atoms with E-state index < -0.39 is 6.36 Å². The third-order valence-electron chi connectivity index (χ3n) is 4.15. The quantitative estimate of drug-likeness (QED) is 0.578. The summed E-state index contributed by atoms with van der Waals surface area (Å²) >= 11 is 0. The van der Waals surface area contributed by atoms with Gasteiger partial charge < -0.3 is 10.1 Å². The Hall–Kier alpha value is -3.28. The summed E-state index contributed by atoms with van der Waals surface area (Å²) in [6.07, 6.45) is -2.04. The molecule has 0 aromatic heterocycles. The van der Waals surface area contributed by atoms with Gasteiger partial charge in [0.05, 0.1) is 6.04 Å². The number of nitrogens with one attached hydrogen (secondary N) is 1. The van der Waals surface area contributed by atoms with Crippen molar-refractivity contribution in [2.24, 2.45) is 0 Å². The fraction of sp³-hybridized carbons (Fsp3) is 0.136. The van der Waals surface area contributed by atoms with E-state index in [4.69, 9.17) is 0 Å². The zero-order valence-corrected chi connectivity index (χ0v) is 15.0. The first-order valence-electron chi connectivity index (χ1n) is 8.63. The smallest absolute Gasteiger partial charge is 0.406 e. The van der Waals surface area contributed by atoms with Gasteiger partial charge in [0.15, 0.2) is 0 Å². The van der Waals surface area contributed by atoms with Crippen molar-refractivity contribution >= 4 is 22.8 Å². The summed E-state index contributed by atoms with van der Waals surface area (Å²) in [5.74, 6) is -0.678. The number of hydrogen-bond donors (Lipinski definition) is 1. The molecule has 1 N–H and O–H groups in total. The summed E-state index contributed by atoms with van der Waals surface area (Å²) in [5, 5.41) is 5.04. The number of carbonyl (C=O) groups excluding carboxylic acids is 1. The maximum atomic E-state index is 12.3. The van der Waals surface area contributed by atoms with E-state index in [2.05, 4.69) is 10.1 Å². The summed E-state index contributed by atoms with van der Waals surface area (Å²) in [6.45, 7) is 1.87. The summed E-state index contributed by atoms with van der Waals surface area (Å²) in [5.41, 5.74) is 1.39. The Morgan fingerprint density at radius 3 is 2.50 bits per heavy atom. The lowest BCUT2D eigenvalue weighted by atomic mass is 10.0. The van der Waals surface area contributed by atoms with Gasteiger partial charge in [-0.05, 0) is 53.1 Å². The Labute approximate surface area is 160 Å². The van der Waals surface area contributed by atoms with Crippen LogP contribution in [0.1, 0.15) is 24.1 Å². The second-order valence-electron chi connectivity index (χ2n) is 6.29. The topological polar surface area (TPSA) is 38.3 Å². The molecule has 0 saturated carbocycles. The number of amides is 1. The van der Waals surface area contributed by atoms with Crippen molar-refractivity contribution in [3.63, 3.8) is 0 Å². The minimum Gasteiger partial charge on any atom is -0.406 e. The second-order valence-corrected chi connectivity index (χ2v) is 6.29. The van der Waals surface area contributed by atoms with Gasteiger partial charge in [-0.3, -0.25) is 4.79 Å². The van der Waals surface area contributed by atoms with E-state index in [9.17, 15) is 18.0 Å². The predicted molar refractivity (Wildman–Crippen MR) is 103 cm³/mol. The van der Waals surface area contributed by atoms with E-state index in [-0.39, 0.29) is 17.7 Å². The minimum absolute atomic E-state index is 0.221. The van der Waals surface area contributed by atoms with Crippen molar-refractivity contribution in [2.45, 2.75) is 19.3 Å². The Bertz CT molecular complexity index is 1010. The molecule has 1 amide bonds. The summed E-state index contributed by atoms with van der Waals surface area (Å²) in [7, 11) is 0. The molecule has 3 aromatic carbocycles. The fourth-order valence-corrected chi connectivity index (χ4v) is 2.81. The Kier molecular flexibility index (Phi) is 5.68. The van der Waals surface area contributed by atoms with E-state index in [0.29, 0.717) is 5.56 Å². The molecule has 0 spiro atoms. The number of ether oxygens (including phenoxy) is 1. The first kappa shape index (κ1) is 19.5. The Morgan fingerprint density at radius 1 is 1.00 bits per heavy atom. The first-order chi connectivity index (χ1) is 13.3. The molecule has 1 atom stereocenters. The molecule has 0 fully saturated rings. The van der Waals surface area contributed by atoms with Crippen LogP contribution in [0.4, 0.5) is 13.2 Å². The highest BCUT2D eigenvalue weighted by Gasteiger charge is 2.31. The van der Waals surface area contributed by atoms with Crippen LogP contribution in [0.2, 0.25) is 0 Å². The fourth-order valence-electron chi connectivity index (χ4n) is 2.81. The Balaban J connectivity index is 1.65. The SMILES string of the molecule is CC(NC(=O)C=Cc1cccc(OC(F)(F)F)c1)c1ccc2ccccc2c1. The number of halogens is 3. The van der Waals surface area contributed by atoms with Gasteiger partial charge >= 0.3 is 6.36 Å². The number of hydrogen-bond acceptors (Lipinski definition) is 2. The number of fused-ring (bicyclic) bond motifs is 1. The van der Waals surface area contributed by atoms with Crippen LogP contribution in [-0.2, 0) is 4.79 Å². The third-order valence-corrected chi connectivity index (χ3v) is 4.15. The van der Waals surface area contributed by atoms with Gasteiger partial charge in [-0.2, -0.15) is 0 Å². The van der Waals surface area contributed by atoms with Crippen LogP contribution in [0.5, 0.6) is 5.75 Å². The number of benzene rings is 3. The lowest BCUT2D eigenvalue weighted by molar-refractivity contribution is -0.274. The van der Waals surface area contributed by atoms with Gasteiger partial charge in [-0.15, -0.1) is 13.2 Å². The highest BCUT2D eigenvalue weighted by atomic mass is 19.4. The van der Waals surface area contributed by atoms with E-state index in [1.165, 1.54) is 30.4 Å². The highest BCUT2D eigenvalue weighted by molar-refractivity contribution is 5.92. The number of rotatable bonds is 5. The third kappa shape index (κ3) is 5.36. The van der Waals surface area contributed by atoms with Crippen LogP contribution in [-0.4, -0.2) is 12.3 Å². The molecule has 0 saturated heterocycles. The summed E-state index contributed by atoms with van der Waals surface area (Å²) in [4.78, 5) is 12.2. The molecule has 0 aliphatic heterocycles. The average molecular weight is 385 g/mol. The molecule has 3 rings (SSSR count). The molecule has 0 radical (unpaired) electrons. The molecule has 0 aliphatic rings. The lowest BCUT2D eigenvalue weighted by Crippen LogP contribution is -2.24. The highest BCUT2D eigenvalue weighted by Crippen LogP contribution is 2.24. The molecule has 3 aromatic rings. The predicted octanol–water partition coefficient (Wildman–Crippen LogP) is 5.63.